The van der Waals surface area contributed by atoms with Crippen molar-refractivity contribution >= 4 is 51.8 Å². The highest BCUT2D eigenvalue weighted by atomic mass is 127. The average Bonchev–Trinajstić information content (AvgIpc) is 2.93. The molecule has 0 radical (unpaired) electrons. The number of carbonyl (C=O) groups is 1. The van der Waals surface area contributed by atoms with E-state index in [9.17, 15) is 9.90 Å². The second kappa shape index (κ2) is 8.79. The molecule has 1 saturated heterocycles. The molecule has 1 amide bonds. The van der Waals surface area contributed by atoms with E-state index in [4.69, 9.17) is 21.4 Å². The van der Waals surface area contributed by atoms with Crippen LogP contribution in [-0.2, 0) is 10.2 Å². The van der Waals surface area contributed by atoms with E-state index in [0.717, 1.165) is 34.0 Å². The van der Waals surface area contributed by atoms with E-state index in [1.807, 2.05) is 25.3 Å². The number of amides is 1. The predicted octanol–water partition coefficient (Wildman–Crippen LogP) is 4.60. The maximum atomic E-state index is 12.3. The zero-order valence-electron chi connectivity index (χ0n) is 19.0. The summed E-state index contributed by atoms with van der Waals surface area (Å²) in [6.07, 6.45) is 5.68. The summed E-state index contributed by atoms with van der Waals surface area (Å²) in [5, 5.41) is 19.4. The van der Waals surface area contributed by atoms with E-state index >= 15 is 0 Å². The van der Waals surface area contributed by atoms with Crippen molar-refractivity contribution in [2.24, 2.45) is 0 Å². The van der Waals surface area contributed by atoms with Crippen LogP contribution in [0.1, 0.15) is 65.5 Å². The van der Waals surface area contributed by atoms with Crippen molar-refractivity contribution in [3.63, 3.8) is 0 Å². The molecular formula is C22H31ClIN5O3. The highest BCUT2D eigenvalue weighted by Gasteiger charge is 2.42. The number of aliphatic hydroxyl groups is 1. The van der Waals surface area contributed by atoms with Crippen LogP contribution < -0.4 is 5.32 Å². The Morgan fingerprint density at radius 1 is 1.44 bits per heavy atom. The van der Waals surface area contributed by atoms with Crippen LogP contribution in [0.25, 0.3) is 5.52 Å². The number of nitrogens with one attached hydrogen (secondary N) is 1. The van der Waals surface area contributed by atoms with Crippen molar-refractivity contribution in [1.29, 1.82) is 0 Å². The fraction of sp³-hybridized carbons (Fsp3) is 0.682. The van der Waals surface area contributed by atoms with Crippen LogP contribution in [-0.4, -0.2) is 61.5 Å². The molecule has 1 aliphatic heterocycles. The molecule has 4 rings (SSSR count). The van der Waals surface area contributed by atoms with Gasteiger partial charge in [-0.1, -0.05) is 24.9 Å². The number of nitrogens with zero attached hydrogens (tertiary/aromatic N) is 4. The molecule has 10 heteroatoms. The van der Waals surface area contributed by atoms with Gasteiger partial charge in [-0.05, 0) is 69.0 Å². The van der Waals surface area contributed by atoms with E-state index in [1.165, 1.54) is 6.42 Å². The maximum absolute atomic E-state index is 12.3. The van der Waals surface area contributed by atoms with Crippen molar-refractivity contribution in [3.8, 4) is 0 Å². The zero-order chi connectivity index (χ0) is 23.3. The number of likely N-dealkylation sites (tertiary alicyclic amines) is 1. The minimum atomic E-state index is -0.753. The predicted molar refractivity (Wildman–Crippen MR) is 132 cm³/mol. The molecule has 2 aromatic heterocycles. The maximum Gasteiger partial charge on any atom is 0.410 e. The zero-order valence-corrected chi connectivity index (χ0v) is 21.9. The summed E-state index contributed by atoms with van der Waals surface area (Å²) >= 11 is 8.95. The second-order valence-corrected chi connectivity index (χ2v) is 11.3. The first-order chi connectivity index (χ1) is 15.0. The largest absolute Gasteiger partial charge is 0.444 e. The van der Waals surface area contributed by atoms with Gasteiger partial charge in [0.15, 0.2) is 0 Å². The lowest BCUT2D eigenvalue weighted by molar-refractivity contribution is 0.00112. The lowest BCUT2D eigenvalue weighted by Gasteiger charge is -2.41. The van der Waals surface area contributed by atoms with E-state index < -0.39 is 17.8 Å². The quantitative estimate of drug-likeness (QED) is 0.518. The fourth-order valence-corrected chi connectivity index (χ4v) is 5.92. The Morgan fingerprint density at radius 3 is 2.72 bits per heavy atom. The number of fused-ring (bicyclic) bond motifs is 1. The van der Waals surface area contributed by atoms with Gasteiger partial charge in [-0.3, -0.25) is 0 Å². The van der Waals surface area contributed by atoms with Gasteiger partial charge in [-0.2, -0.15) is 0 Å². The molecule has 2 N–H and O–H groups in total. The molecule has 1 saturated carbocycles. The Kier molecular flexibility index (Phi) is 6.54. The number of aromatic nitrogens is 3. The Labute approximate surface area is 207 Å². The first-order valence-corrected chi connectivity index (χ1v) is 12.7. The molecule has 2 aromatic rings. The van der Waals surface area contributed by atoms with Crippen LogP contribution in [0.5, 0.6) is 0 Å². The summed E-state index contributed by atoms with van der Waals surface area (Å²) in [4.78, 5) is 18.3. The summed E-state index contributed by atoms with van der Waals surface area (Å²) in [7, 11) is 0. The summed E-state index contributed by atoms with van der Waals surface area (Å²) < 4.78 is 8.41. The number of hydrogen-bond donors (Lipinski definition) is 2. The minimum Gasteiger partial charge on any atom is -0.444 e. The van der Waals surface area contributed by atoms with Crippen LogP contribution in [0.15, 0.2) is 6.20 Å². The number of carbonyl (C=O) groups excluding carboxylic acids is 1. The van der Waals surface area contributed by atoms with Gasteiger partial charge in [0.2, 0.25) is 5.95 Å². The van der Waals surface area contributed by atoms with E-state index in [1.54, 1.807) is 11.1 Å². The van der Waals surface area contributed by atoms with Crippen molar-refractivity contribution in [1.82, 2.24) is 19.5 Å². The van der Waals surface area contributed by atoms with E-state index in [0.29, 0.717) is 23.9 Å². The normalized spacial score (nSPS) is 23.2. The number of ether oxygens (including phenoxy) is 1. The molecule has 0 aromatic carbocycles. The van der Waals surface area contributed by atoms with Gasteiger partial charge in [0.05, 0.1) is 39.2 Å². The molecule has 1 unspecified atom stereocenters. The smallest absolute Gasteiger partial charge is 0.410 e. The number of piperidine rings is 1. The van der Waals surface area contributed by atoms with Crippen LogP contribution in [0.3, 0.4) is 0 Å². The Morgan fingerprint density at radius 2 is 2.16 bits per heavy atom. The van der Waals surface area contributed by atoms with Crippen molar-refractivity contribution < 1.29 is 14.6 Å². The summed E-state index contributed by atoms with van der Waals surface area (Å²) in [6, 6.07) is -0.261. The van der Waals surface area contributed by atoms with Crippen molar-refractivity contribution in [2.75, 3.05) is 18.4 Å². The molecule has 0 bridgehead atoms. The van der Waals surface area contributed by atoms with Gasteiger partial charge in [0, 0.05) is 12.0 Å². The highest BCUT2D eigenvalue weighted by Crippen LogP contribution is 2.49. The standard InChI is InChI=1S/C22H31ClIN5O3/c1-5-22(8-6-9-22)18-17(24)16(23)14-11-25-19(27-29(14)18)26-13-7-10-28(12-15(13)30)20(31)32-21(2,3)4/h11,13,15,30H,5-10,12H2,1-4H3,(H,26,27)/t13?,15-/m0/s1. The number of halogens is 2. The SMILES string of the molecule is CCC1(c2c(I)c(Cl)c3cnc(NC4CCN(C(=O)OC(C)(C)C)C[C@@H]4O)nn23)CCC1. The first kappa shape index (κ1) is 23.8. The fourth-order valence-electron chi connectivity index (χ4n) is 4.62. The lowest BCUT2D eigenvalue weighted by Crippen LogP contribution is -2.52. The Hall–Kier alpha value is -1.33. The van der Waals surface area contributed by atoms with Gasteiger partial charge in [-0.25, -0.2) is 14.3 Å². The average molecular weight is 576 g/mol. The van der Waals surface area contributed by atoms with Gasteiger partial charge >= 0.3 is 6.09 Å². The monoisotopic (exact) mass is 575 g/mol. The van der Waals surface area contributed by atoms with Gasteiger partial charge < -0.3 is 20.1 Å². The summed E-state index contributed by atoms with van der Waals surface area (Å²) in [6.45, 7) is 8.41. The topological polar surface area (TPSA) is 92.0 Å². The summed E-state index contributed by atoms with van der Waals surface area (Å²) in [5.41, 5.74) is 1.51. The molecule has 176 valence electrons. The first-order valence-electron chi connectivity index (χ1n) is 11.2. The highest BCUT2D eigenvalue weighted by molar-refractivity contribution is 14.1. The molecule has 8 nitrogen and oxygen atoms in total. The molecule has 2 atom stereocenters. The number of aliphatic hydroxyl groups excluding tert-OH is 1. The Balaban J connectivity index is 1.52. The summed E-state index contributed by atoms with van der Waals surface area (Å²) in [5.74, 6) is 0.446. The molecule has 2 aliphatic rings. The molecular weight excluding hydrogens is 545 g/mol. The van der Waals surface area contributed by atoms with Gasteiger partial charge in [0.1, 0.15) is 11.1 Å². The van der Waals surface area contributed by atoms with Crippen molar-refractivity contribution in [2.45, 2.75) is 83.0 Å². The number of hydrogen-bond acceptors (Lipinski definition) is 6. The third-order valence-electron chi connectivity index (χ3n) is 6.61. The van der Waals surface area contributed by atoms with E-state index in [2.05, 4.69) is 39.8 Å². The molecule has 1 aliphatic carbocycles. The minimum absolute atomic E-state index is 0.108. The molecule has 2 fully saturated rings. The number of anilines is 1. The van der Waals surface area contributed by atoms with E-state index in [-0.39, 0.29) is 18.0 Å². The third-order valence-corrected chi connectivity index (χ3v) is 8.36. The Bertz CT molecular complexity index is 1010. The number of β-amino-alcohol motifs (C(OH)–C–C–N with tert-alkyl or cyclic N) is 1. The van der Waals surface area contributed by atoms with Crippen LogP contribution >= 0.6 is 34.2 Å². The van der Waals surface area contributed by atoms with Gasteiger partial charge in [0.25, 0.3) is 0 Å². The second-order valence-electron chi connectivity index (χ2n) is 9.88. The van der Waals surface area contributed by atoms with Gasteiger partial charge in [-0.15, -0.1) is 5.10 Å². The van der Waals surface area contributed by atoms with Crippen LogP contribution in [0, 0.1) is 3.57 Å². The third kappa shape index (κ3) is 4.40. The number of rotatable bonds is 4. The molecule has 0 spiro atoms. The van der Waals surface area contributed by atoms with Crippen molar-refractivity contribution in [3.05, 3.63) is 20.5 Å². The van der Waals surface area contributed by atoms with Crippen LogP contribution in [0.2, 0.25) is 5.02 Å². The molecule has 3 heterocycles. The molecule has 32 heavy (non-hydrogen) atoms. The lowest BCUT2D eigenvalue weighted by atomic mass is 9.65. The van der Waals surface area contributed by atoms with Crippen LogP contribution in [0.4, 0.5) is 10.7 Å².